The normalized spacial score (nSPS) is 13.0. The van der Waals surface area contributed by atoms with Gasteiger partial charge >= 0.3 is 0 Å². The van der Waals surface area contributed by atoms with E-state index in [1.54, 1.807) is 23.1 Å². The van der Waals surface area contributed by atoms with E-state index in [2.05, 4.69) is 5.32 Å². The third-order valence-corrected chi connectivity index (χ3v) is 5.21. The van der Waals surface area contributed by atoms with Crippen molar-refractivity contribution in [2.75, 3.05) is 23.4 Å². The molecule has 2 amide bonds. The minimum absolute atomic E-state index is 0.0956. The maximum Gasteiger partial charge on any atom is 0.291 e. The van der Waals surface area contributed by atoms with Gasteiger partial charge in [0, 0.05) is 0 Å². The van der Waals surface area contributed by atoms with Gasteiger partial charge in [0.2, 0.25) is 0 Å². The van der Waals surface area contributed by atoms with Crippen LogP contribution in [0, 0.1) is 6.92 Å². The highest BCUT2D eigenvalue weighted by molar-refractivity contribution is 7.18. The predicted octanol–water partition coefficient (Wildman–Crippen LogP) is 3.94. The third-order valence-electron chi connectivity index (χ3n) is 4.07. The number of aryl methyl sites for hydroxylation is 1. The van der Waals surface area contributed by atoms with E-state index in [4.69, 9.17) is 9.15 Å². The molecule has 0 atom stereocenters. The van der Waals surface area contributed by atoms with Gasteiger partial charge in [-0.1, -0.05) is 12.1 Å². The Hall–Kier alpha value is -3.06. The van der Waals surface area contributed by atoms with Crippen molar-refractivity contribution in [2.45, 2.75) is 6.92 Å². The molecule has 3 aromatic rings. The Balaban J connectivity index is 1.58. The number of hydrogen-bond acceptors (Lipinski definition) is 5. The van der Waals surface area contributed by atoms with Gasteiger partial charge in [-0.3, -0.25) is 9.59 Å². The SMILES string of the molecule is Cc1cc(NC(=O)c2ccco2)sc1C(=O)N1CCOc2ccccc21. The summed E-state index contributed by atoms with van der Waals surface area (Å²) in [6, 6.07) is 12.5. The average molecular weight is 368 g/mol. The summed E-state index contributed by atoms with van der Waals surface area (Å²) in [4.78, 5) is 27.5. The molecule has 1 aromatic carbocycles. The molecule has 1 aliphatic rings. The lowest BCUT2D eigenvalue weighted by Crippen LogP contribution is -2.37. The van der Waals surface area contributed by atoms with Crippen LogP contribution in [0.4, 0.5) is 10.7 Å². The summed E-state index contributed by atoms with van der Waals surface area (Å²) in [5.74, 6) is 0.493. The minimum atomic E-state index is -0.341. The lowest BCUT2D eigenvalue weighted by atomic mass is 10.2. The summed E-state index contributed by atoms with van der Waals surface area (Å²) in [5, 5.41) is 3.38. The number of nitrogens with one attached hydrogen (secondary N) is 1. The van der Waals surface area contributed by atoms with Crippen LogP contribution >= 0.6 is 11.3 Å². The molecule has 1 aliphatic heterocycles. The van der Waals surface area contributed by atoms with Gasteiger partial charge in [0.15, 0.2) is 5.76 Å². The number of fused-ring (bicyclic) bond motifs is 1. The number of carbonyl (C=O) groups excluding carboxylic acids is 2. The summed E-state index contributed by atoms with van der Waals surface area (Å²) in [6.45, 7) is 2.80. The highest BCUT2D eigenvalue weighted by Crippen LogP contribution is 2.35. The molecule has 0 saturated carbocycles. The molecule has 3 heterocycles. The van der Waals surface area contributed by atoms with E-state index in [9.17, 15) is 9.59 Å². The number of hydrogen-bond donors (Lipinski definition) is 1. The Morgan fingerprint density at radius 1 is 1.19 bits per heavy atom. The lowest BCUT2D eigenvalue weighted by molar-refractivity contribution is 0.0977. The molecule has 2 aromatic heterocycles. The van der Waals surface area contributed by atoms with Gasteiger partial charge in [-0.2, -0.15) is 0 Å². The lowest BCUT2D eigenvalue weighted by Gasteiger charge is -2.29. The van der Waals surface area contributed by atoms with Crippen LogP contribution in [0.2, 0.25) is 0 Å². The Morgan fingerprint density at radius 3 is 2.85 bits per heavy atom. The number of nitrogens with zero attached hydrogens (tertiary/aromatic N) is 1. The first-order valence-electron chi connectivity index (χ1n) is 8.12. The second kappa shape index (κ2) is 6.68. The smallest absolute Gasteiger partial charge is 0.291 e. The Labute approximate surface area is 154 Å². The highest BCUT2D eigenvalue weighted by atomic mass is 32.1. The van der Waals surface area contributed by atoms with Gasteiger partial charge in [-0.25, -0.2) is 0 Å². The van der Waals surface area contributed by atoms with Crippen LogP contribution in [0.3, 0.4) is 0 Å². The topological polar surface area (TPSA) is 71.8 Å². The molecule has 0 radical (unpaired) electrons. The van der Waals surface area contributed by atoms with Gasteiger partial charge in [0.25, 0.3) is 11.8 Å². The van der Waals surface area contributed by atoms with E-state index < -0.39 is 0 Å². The molecule has 0 bridgehead atoms. The minimum Gasteiger partial charge on any atom is -0.490 e. The maximum atomic E-state index is 13.1. The molecular formula is C19H16N2O4S. The molecule has 0 saturated heterocycles. The molecule has 132 valence electrons. The van der Waals surface area contributed by atoms with Crippen molar-refractivity contribution >= 4 is 33.8 Å². The number of furan rings is 1. The summed E-state index contributed by atoms with van der Waals surface area (Å²) in [6.07, 6.45) is 1.44. The fraction of sp³-hybridized carbons (Fsp3) is 0.158. The molecule has 4 rings (SSSR count). The van der Waals surface area contributed by atoms with Crippen molar-refractivity contribution in [3.63, 3.8) is 0 Å². The molecule has 6 nitrogen and oxygen atoms in total. The van der Waals surface area contributed by atoms with E-state index in [1.807, 2.05) is 31.2 Å². The number of amides is 2. The number of benzene rings is 1. The molecule has 0 fully saturated rings. The largest absolute Gasteiger partial charge is 0.490 e. The maximum absolute atomic E-state index is 13.1. The first kappa shape index (κ1) is 16.4. The van der Waals surface area contributed by atoms with Crippen LogP contribution in [0.1, 0.15) is 25.8 Å². The Kier molecular flexibility index (Phi) is 4.22. The number of ether oxygens (including phenoxy) is 1. The van der Waals surface area contributed by atoms with Crippen molar-refractivity contribution in [2.24, 2.45) is 0 Å². The molecule has 7 heteroatoms. The quantitative estimate of drug-likeness (QED) is 0.760. The van der Waals surface area contributed by atoms with E-state index >= 15 is 0 Å². The van der Waals surface area contributed by atoms with Gasteiger partial charge in [-0.15, -0.1) is 11.3 Å². The van der Waals surface area contributed by atoms with Crippen LogP contribution in [-0.2, 0) is 0 Å². The average Bonchev–Trinajstić information content (AvgIpc) is 3.30. The van der Waals surface area contributed by atoms with Crippen LogP contribution in [-0.4, -0.2) is 25.0 Å². The summed E-state index contributed by atoms with van der Waals surface area (Å²) < 4.78 is 10.7. The summed E-state index contributed by atoms with van der Waals surface area (Å²) in [7, 11) is 0. The van der Waals surface area contributed by atoms with Crippen LogP contribution in [0.15, 0.2) is 53.1 Å². The second-order valence-electron chi connectivity index (χ2n) is 5.83. The molecule has 26 heavy (non-hydrogen) atoms. The van der Waals surface area contributed by atoms with Gasteiger partial charge in [0.1, 0.15) is 12.4 Å². The third kappa shape index (κ3) is 2.97. The van der Waals surface area contributed by atoms with Crippen LogP contribution in [0.5, 0.6) is 5.75 Å². The number of carbonyl (C=O) groups is 2. The fourth-order valence-electron chi connectivity index (χ4n) is 2.84. The first-order valence-corrected chi connectivity index (χ1v) is 8.94. The van der Waals surface area contributed by atoms with E-state index in [0.717, 1.165) is 11.3 Å². The van der Waals surface area contributed by atoms with E-state index in [1.165, 1.54) is 17.6 Å². The number of rotatable bonds is 3. The van der Waals surface area contributed by atoms with Crippen molar-refractivity contribution in [1.29, 1.82) is 0 Å². The summed E-state index contributed by atoms with van der Waals surface area (Å²) in [5.41, 5.74) is 1.58. The first-order chi connectivity index (χ1) is 12.6. The standard InChI is InChI=1S/C19H16N2O4S/c1-12-11-16(20-18(22)15-7-4-9-24-15)26-17(12)19(23)21-8-10-25-14-6-3-2-5-13(14)21/h2-7,9,11H,8,10H2,1H3,(H,20,22). The number of thiophene rings is 1. The monoisotopic (exact) mass is 368 g/mol. The van der Waals surface area contributed by atoms with Crippen molar-refractivity contribution in [1.82, 2.24) is 0 Å². The van der Waals surface area contributed by atoms with Gasteiger partial charge in [0.05, 0.1) is 28.4 Å². The Morgan fingerprint density at radius 2 is 2.04 bits per heavy atom. The van der Waals surface area contributed by atoms with E-state index in [0.29, 0.717) is 28.8 Å². The van der Waals surface area contributed by atoms with Gasteiger partial charge < -0.3 is 19.4 Å². The van der Waals surface area contributed by atoms with Crippen LogP contribution in [0.25, 0.3) is 0 Å². The molecule has 0 aliphatic carbocycles. The van der Waals surface area contributed by atoms with Gasteiger partial charge in [-0.05, 0) is 42.8 Å². The highest BCUT2D eigenvalue weighted by Gasteiger charge is 2.27. The summed E-state index contributed by atoms with van der Waals surface area (Å²) >= 11 is 1.26. The second-order valence-corrected chi connectivity index (χ2v) is 6.88. The number of para-hydroxylation sites is 2. The zero-order chi connectivity index (χ0) is 18.1. The van der Waals surface area contributed by atoms with Crippen LogP contribution < -0.4 is 15.0 Å². The van der Waals surface area contributed by atoms with E-state index in [-0.39, 0.29) is 17.6 Å². The van der Waals surface area contributed by atoms with Crippen molar-refractivity contribution in [3.8, 4) is 5.75 Å². The predicted molar refractivity (Wildman–Crippen MR) is 99.3 cm³/mol. The van der Waals surface area contributed by atoms with Crippen molar-refractivity contribution in [3.05, 3.63) is 64.9 Å². The number of anilines is 2. The Bertz CT molecular complexity index is 962. The molecular weight excluding hydrogens is 352 g/mol. The zero-order valence-electron chi connectivity index (χ0n) is 14.0. The molecule has 1 N–H and O–H groups in total. The zero-order valence-corrected chi connectivity index (χ0v) is 14.8. The fourth-order valence-corrected chi connectivity index (χ4v) is 3.86. The molecule has 0 unspecified atom stereocenters. The van der Waals surface area contributed by atoms with Crippen molar-refractivity contribution < 1.29 is 18.7 Å². The molecule has 0 spiro atoms.